The first-order valence-electron chi connectivity index (χ1n) is 6.67. The number of carbonyl (C=O) groups is 1. The number of nitrogens with zero attached hydrogens (tertiary/aromatic N) is 1. The largest absolute Gasteiger partial charge is 0.497 e. The second-order valence-electron chi connectivity index (χ2n) is 4.87. The molecular formula is C17H11F2NO3. The Hall–Kier alpha value is -3.02. The van der Waals surface area contributed by atoms with Crippen molar-refractivity contribution in [1.82, 2.24) is 4.98 Å². The molecular weight excluding hydrogens is 304 g/mol. The molecule has 0 bridgehead atoms. The first-order valence-corrected chi connectivity index (χ1v) is 6.67. The van der Waals surface area contributed by atoms with Crippen LogP contribution in [0.15, 0.2) is 42.5 Å². The molecule has 0 amide bonds. The fraction of sp³-hybridized carbons (Fsp3) is 0.0588. The maximum absolute atomic E-state index is 13.4. The number of aromatic nitrogens is 1. The van der Waals surface area contributed by atoms with Gasteiger partial charge in [-0.05, 0) is 42.5 Å². The monoisotopic (exact) mass is 315 g/mol. The van der Waals surface area contributed by atoms with E-state index in [1.165, 1.54) is 19.2 Å². The summed E-state index contributed by atoms with van der Waals surface area (Å²) in [4.78, 5) is 15.8. The summed E-state index contributed by atoms with van der Waals surface area (Å²) in [6.07, 6.45) is 0. The van der Waals surface area contributed by atoms with Gasteiger partial charge in [0.2, 0.25) is 0 Å². The number of rotatable bonds is 3. The maximum Gasteiger partial charge on any atom is 0.336 e. The molecule has 0 aliphatic heterocycles. The van der Waals surface area contributed by atoms with Crippen LogP contribution in [0.2, 0.25) is 0 Å². The van der Waals surface area contributed by atoms with E-state index < -0.39 is 17.6 Å². The molecule has 0 spiro atoms. The molecule has 0 fully saturated rings. The van der Waals surface area contributed by atoms with Gasteiger partial charge in [-0.2, -0.15) is 0 Å². The zero-order chi connectivity index (χ0) is 16.6. The molecule has 2 aromatic carbocycles. The SMILES string of the molecule is COc1ccc2nc(-c3ccc(F)c(F)c3)cc(C(=O)O)c2c1. The number of fused-ring (bicyclic) bond motifs is 1. The molecule has 6 heteroatoms. The van der Waals surface area contributed by atoms with Crippen LogP contribution < -0.4 is 4.74 Å². The molecule has 1 N–H and O–H groups in total. The van der Waals surface area contributed by atoms with Gasteiger partial charge >= 0.3 is 5.97 Å². The van der Waals surface area contributed by atoms with Crippen LogP contribution in [-0.2, 0) is 0 Å². The standard InChI is InChI=1S/C17H11F2NO3/c1-23-10-3-5-15-11(7-10)12(17(21)22)8-16(20-15)9-2-4-13(18)14(19)6-9/h2-8H,1H3,(H,21,22). The molecule has 0 radical (unpaired) electrons. The van der Waals surface area contributed by atoms with E-state index in [4.69, 9.17) is 4.74 Å². The van der Waals surface area contributed by atoms with Gasteiger partial charge < -0.3 is 9.84 Å². The molecule has 23 heavy (non-hydrogen) atoms. The second kappa shape index (κ2) is 5.64. The highest BCUT2D eigenvalue weighted by Gasteiger charge is 2.15. The van der Waals surface area contributed by atoms with Gasteiger partial charge in [-0.25, -0.2) is 18.6 Å². The van der Waals surface area contributed by atoms with E-state index >= 15 is 0 Å². The molecule has 1 heterocycles. The van der Waals surface area contributed by atoms with Gasteiger partial charge in [-0.3, -0.25) is 0 Å². The highest BCUT2D eigenvalue weighted by Crippen LogP contribution is 2.28. The number of hydrogen-bond acceptors (Lipinski definition) is 3. The molecule has 0 unspecified atom stereocenters. The summed E-state index contributed by atoms with van der Waals surface area (Å²) in [5, 5.41) is 9.82. The molecule has 3 rings (SSSR count). The lowest BCUT2D eigenvalue weighted by Crippen LogP contribution is -2.01. The zero-order valence-electron chi connectivity index (χ0n) is 12.0. The summed E-state index contributed by atoms with van der Waals surface area (Å²) in [5.74, 6) is -2.63. The second-order valence-corrected chi connectivity index (χ2v) is 4.87. The fourth-order valence-electron chi connectivity index (χ4n) is 2.31. The van der Waals surface area contributed by atoms with Crippen molar-refractivity contribution in [3.8, 4) is 17.0 Å². The van der Waals surface area contributed by atoms with Crippen LogP contribution in [0.5, 0.6) is 5.75 Å². The lowest BCUT2D eigenvalue weighted by molar-refractivity contribution is 0.0699. The Morgan fingerprint density at radius 3 is 2.52 bits per heavy atom. The maximum atomic E-state index is 13.4. The van der Waals surface area contributed by atoms with E-state index in [9.17, 15) is 18.7 Å². The van der Waals surface area contributed by atoms with Crippen molar-refractivity contribution >= 4 is 16.9 Å². The van der Waals surface area contributed by atoms with Crippen molar-refractivity contribution in [2.45, 2.75) is 0 Å². The Kier molecular flexibility index (Phi) is 3.65. The van der Waals surface area contributed by atoms with Crippen LogP contribution in [0.1, 0.15) is 10.4 Å². The minimum absolute atomic E-state index is 0.00799. The number of halogens is 2. The van der Waals surface area contributed by atoms with Crippen molar-refractivity contribution in [3.63, 3.8) is 0 Å². The number of benzene rings is 2. The third kappa shape index (κ3) is 2.70. The first kappa shape index (κ1) is 14.9. The summed E-state index contributed by atoms with van der Waals surface area (Å²) in [5.41, 5.74) is 0.974. The molecule has 0 saturated heterocycles. The lowest BCUT2D eigenvalue weighted by atomic mass is 10.0. The van der Waals surface area contributed by atoms with Crippen LogP contribution in [0, 0.1) is 11.6 Å². The van der Waals surface area contributed by atoms with Gasteiger partial charge in [0.15, 0.2) is 11.6 Å². The molecule has 0 aliphatic rings. The molecule has 116 valence electrons. The van der Waals surface area contributed by atoms with E-state index in [-0.39, 0.29) is 11.3 Å². The predicted octanol–water partition coefficient (Wildman–Crippen LogP) is 3.89. The summed E-state index contributed by atoms with van der Waals surface area (Å²) < 4.78 is 31.5. The minimum Gasteiger partial charge on any atom is -0.497 e. The highest BCUT2D eigenvalue weighted by atomic mass is 19.2. The van der Waals surface area contributed by atoms with Crippen LogP contribution in [0.25, 0.3) is 22.2 Å². The number of hydrogen-bond donors (Lipinski definition) is 1. The van der Waals surface area contributed by atoms with Gasteiger partial charge in [0, 0.05) is 10.9 Å². The van der Waals surface area contributed by atoms with Crippen molar-refractivity contribution < 1.29 is 23.4 Å². The lowest BCUT2D eigenvalue weighted by Gasteiger charge is -2.09. The number of aromatic carboxylic acids is 1. The molecule has 0 saturated carbocycles. The van der Waals surface area contributed by atoms with Crippen molar-refractivity contribution in [3.05, 3.63) is 59.7 Å². The van der Waals surface area contributed by atoms with E-state index in [0.717, 1.165) is 12.1 Å². The van der Waals surface area contributed by atoms with Crippen LogP contribution in [0.3, 0.4) is 0 Å². The molecule has 0 atom stereocenters. The van der Waals surface area contributed by atoms with E-state index in [1.807, 2.05) is 0 Å². The van der Waals surface area contributed by atoms with Crippen molar-refractivity contribution in [2.24, 2.45) is 0 Å². The summed E-state index contributed by atoms with van der Waals surface area (Å²) in [7, 11) is 1.48. The van der Waals surface area contributed by atoms with E-state index in [0.29, 0.717) is 22.2 Å². The van der Waals surface area contributed by atoms with Crippen molar-refractivity contribution in [2.75, 3.05) is 7.11 Å². The number of carboxylic acid groups (broad SMARTS) is 1. The topological polar surface area (TPSA) is 59.4 Å². The van der Waals surface area contributed by atoms with Crippen LogP contribution in [-0.4, -0.2) is 23.2 Å². The molecule has 0 aliphatic carbocycles. The van der Waals surface area contributed by atoms with Gasteiger partial charge in [0.1, 0.15) is 5.75 Å². The predicted molar refractivity (Wildman–Crippen MR) is 80.6 cm³/mol. The Morgan fingerprint density at radius 2 is 1.87 bits per heavy atom. The van der Waals surface area contributed by atoms with Crippen LogP contribution in [0.4, 0.5) is 8.78 Å². The average Bonchev–Trinajstić information content (AvgIpc) is 2.55. The van der Waals surface area contributed by atoms with Gasteiger partial charge in [-0.1, -0.05) is 0 Å². The highest BCUT2D eigenvalue weighted by molar-refractivity contribution is 6.04. The quantitative estimate of drug-likeness (QED) is 0.796. The van der Waals surface area contributed by atoms with Gasteiger partial charge in [0.05, 0.1) is 23.9 Å². The Bertz CT molecular complexity index is 925. The normalized spacial score (nSPS) is 10.7. The number of pyridine rings is 1. The Balaban J connectivity index is 2.26. The third-order valence-electron chi connectivity index (χ3n) is 3.46. The van der Waals surface area contributed by atoms with Gasteiger partial charge in [-0.15, -0.1) is 0 Å². The molecule has 3 aromatic rings. The number of ether oxygens (including phenoxy) is 1. The smallest absolute Gasteiger partial charge is 0.336 e. The fourth-order valence-corrected chi connectivity index (χ4v) is 2.31. The third-order valence-corrected chi connectivity index (χ3v) is 3.46. The van der Waals surface area contributed by atoms with E-state index in [2.05, 4.69) is 4.98 Å². The van der Waals surface area contributed by atoms with E-state index in [1.54, 1.807) is 18.2 Å². The number of methoxy groups -OCH3 is 1. The summed E-state index contributed by atoms with van der Waals surface area (Å²) >= 11 is 0. The summed E-state index contributed by atoms with van der Waals surface area (Å²) in [6.45, 7) is 0. The van der Waals surface area contributed by atoms with Gasteiger partial charge in [0.25, 0.3) is 0 Å². The molecule has 1 aromatic heterocycles. The Labute approximate surface area is 130 Å². The zero-order valence-corrected chi connectivity index (χ0v) is 12.0. The molecule has 4 nitrogen and oxygen atoms in total. The Morgan fingerprint density at radius 1 is 1.09 bits per heavy atom. The number of carboxylic acids is 1. The van der Waals surface area contributed by atoms with Crippen molar-refractivity contribution in [1.29, 1.82) is 0 Å². The minimum atomic E-state index is -1.14. The average molecular weight is 315 g/mol. The summed E-state index contributed by atoms with van der Waals surface area (Å²) in [6, 6.07) is 9.48. The first-order chi connectivity index (χ1) is 11.0. The van der Waals surface area contributed by atoms with Crippen LogP contribution >= 0.6 is 0 Å².